The Morgan fingerprint density at radius 3 is 2.80 bits per heavy atom. The fourth-order valence-corrected chi connectivity index (χ4v) is 3.04. The second-order valence-electron chi connectivity index (χ2n) is 5.84. The van der Waals surface area contributed by atoms with Crippen LogP contribution in [0.2, 0.25) is 0 Å². The van der Waals surface area contributed by atoms with Gasteiger partial charge in [0.05, 0.1) is 12.5 Å². The number of hydrogen-bond acceptors (Lipinski definition) is 4. The lowest BCUT2D eigenvalue weighted by molar-refractivity contribution is 0.708. The van der Waals surface area contributed by atoms with Gasteiger partial charge in [0.2, 0.25) is 0 Å². The Hall–Kier alpha value is -1.91. The number of aromatic nitrogens is 4. The van der Waals surface area contributed by atoms with E-state index in [2.05, 4.69) is 14.5 Å². The van der Waals surface area contributed by atoms with Crippen LogP contribution in [0.25, 0.3) is 11.5 Å². The van der Waals surface area contributed by atoms with E-state index in [1.54, 1.807) is 0 Å². The molecule has 1 saturated carbocycles. The van der Waals surface area contributed by atoms with Gasteiger partial charge in [-0.15, -0.1) is 0 Å². The highest BCUT2D eigenvalue weighted by atomic mass is 15.1. The number of nitrogen functional groups attached to an aromatic ring is 1. The first-order valence-electron chi connectivity index (χ1n) is 7.50. The van der Waals surface area contributed by atoms with Crippen LogP contribution in [-0.4, -0.2) is 19.5 Å². The number of imidazole rings is 1. The lowest BCUT2D eigenvalue weighted by Crippen LogP contribution is -2.08. The molecule has 1 fully saturated rings. The van der Waals surface area contributed by atoms with Crippen LogP contribution < -0.4 is 5.73 Å². The topological polar surface area (TPSA) is 69.6 Å². The minimum absolute atomic E-state index is 0.580. The summed E-state index contributed by atoms with van der Waals surface area (Å²) in [4.78, 5) is 13.6. The van der Waals surface area contributed by atoms with Crippen molar-refractivity contribution in [1.29, 1.82) is 0 Å². The predicted octanol–water partition coefficient (Wildman–Crippen LogP) is 2.53. The maximum Gasteiger partial charge on any atom is 0.180 e. The van der Waals surface area contributed by atoms with Gasteiger partial charge in [-0.05, 0) is 38.5 Å². The summed E-state index contributed by atoms with van der Waals surface area (Å²) in [5, 5.41) is 0. The highest BCUT2D eigenvalue weighted by Crippen LogP contribution is 2.38. The first-order valence-corrected chi connectivity index (χ1v) is 7.50. The zero-order chi connectivity index (χ0) is 13.5. The van der Waals surface area contributed by atoms with Gasteiger partial charge in [-0.3, -0.25) is 0 Å². The molecule has 4 rings (SSSR count). The molecule has 0 amide bonds. The molecule has 2 aliphatic carbocycles. The molecule has 0 aliphatic heterocycles. The van der Waals surface area contributed by atoms with Crippen molar-refractivity contribution in [3.63, 3.8) is 0 Å². The maximum absolute atomic E-state index is 6.18. The average Bonchev–Trinajstić information content (AvgIpc) is 3.22. The summed E-state index contributed by atoms with van der Waals surface area (Å²) in [6.45, 7) is 0. The van der Waals surface area contributed by atoms with Gasteiger partial charge in [0.25, 0.3) is 0 Å². The van der Waals surface area contributed by atoms with Crippen molar-refractivity contribution in [2.75, 3.05) is 5.73 Å². The monoisotopic (exact) mass is 269 g/mol. The third kappa shape index (κ3) is 1.97. The van der Waals surface area contributed by atoms with Crippen molar-refractivity contribution in [3.05, 3.63) is 23.8 Å². The Morgan fingerprint density at radius 2 is 1.95 bits per heavy atom. The van der Waals surface area contributed by atoms with Gasteiger partial charge in [0.15, 0.2) is 5.82 Å². The molecule has 0 radical (unpaired) electrons. The standard InChI is InChI=1S/C15H19N5/c16-14-11-4-2-1-3-5-12(11)18-15(19-14)13-8-17-9-20(13)10-6-7-10/h8-10H,1-7H2,(H2,16,18,19). The molecule has 5 heteroatoms. The second-order valence-corrected chi connectivity index (χ2v) is 5.84. The molecule has 0 saturated heterocycles. The van der Waals surface area contributed by atoms with Gasteiger partial charge in [0.1, 0.15) is 11.5 Å². The van der Waals surface area contributed by atoms with Crippen LogP contribution in [0.4, 0.5) is 5.82 Å². The Morgan fingerprint density at radius 1 is 1.10 bits per heavy atom. The van der Waals surface area contributed by atoms with Gasteiger partial charge in [-0.1, -0.05) is 6.42 Å². The first kappa shape index (κ1) is 11.9. The Kier molecular flexibility index (Phi) is 2.72. The van der Waals surface area contributed by atoms with Crippen LogP contribution in [-0.2, 0) is 12.8 Å². The third-order valence-electron chi connectivity index (χ3n) is 4.30. The fourth-order valence-electron chi connectivity index (χ4n) is 3.04. The normalized spacial score (nSPS) is 18.6. The molecule has 0 bridgehead atoms. The van der Waals surface area contributed by atoms with Crippen molar-refractivity contribution in [2.24, 2.45) is 0 Å². The Balaban J connectivity index is 1.80. The molecule has 104 valence electrons. The average molecular weight is 269 g/mol. The van der Waals surface area contributed by atoms with E-state index >= 15 is 0 Å². The molecule has 2 aromatic heterocycles. The fraction of sp³-hybridized carbons (Fsp3) is 0.533. The lowest BCUT2D eigenvalue weighted by atomic mass is 10.1. The minimum atomic E-state index is 0.580. The zero-order valence-corrected chi connectivity index (χ0v) is 11.5. The summed E-state index contributed by atoms with van der Waals surface area (Å²) < 4.78 is 2.19. The number of rotatable bonds is 2. The molecule has 0 atom stereocenters. The Labute approximate surface area is 118 Å². The van der Waals surface area contributed by atoms with Gasteiger partial charge >= 0.3 is 0 Å². The molecule has 2 aromatic rings. The van der Waals surface area contributed by atoms with Crippen LogP contribution in [0.1, 0.15) is 49.4 Å². The molecular formula is C15H19N5. The molecule has 0 unspecified atom stereocenters. The van der Waals surface area contributed by atoms with E-state index in [1.165, 1.54) is 37.7 Å². The molecule has 2 heterocycles. The lowest BCUT2D eigenvalue weighted by Gasteiger charge is -2.11. The van der Waals surface area contributed by atoms with E-state index in [4.69, 9.17) is 10.7 Å². The third-order valence-corrected chi connectivity index (χ3v) is 4.30. The van der Waals surface area contributed by atoms with E-state index in [0.717, 1.165) is 30.1 Å². The van der Waals surface area contributed by atoms with Crippen molar-refractivity contribution in [3.8, 4) is 11.5 Å². The predicted molar refractivity (Wildman–Crippen MR) is 77.2 cm³/mol. The molecule has 0 aromatic carbocycles. The van der Waals surface area contributed by atoms with Crippen LogP contribution in [0.15, 0.2) is 12.5 Å². The minimum Gasteiger partial charge on any atom is -0.383 e. The van der Waals surface area contributed by atoms with Crippen molar-refractivity contribution in [1.82, 2.24) is 19.5 Å². The Bertz CT molecular complexity index is 642. The van der Waals surface area contributed by atoms with Gasteiger partial charge in [-0.2, -0.15) is 0 Å². The number of nitrogens with zero attached hydrogens (tertiary/aromatic N) is 4. The van der Waals surface area contributed by atoms with Gasteiger partial charge in [0, 0.05) is 17.3 Å². The summed E-state index contributed by atoms with van der Waals surface area (Å²) in [5.41, 5.74) is 9.50. The number of hydrogen-bond donors (Lipinski definition) is 1. The largest absolute Gasteiger partial charge is 0.383 e. The molecule has 20 heavy (non-hydrogen) atoms. The van der Waals surface area contributed by atoms with E-state index in [9.17, 15) is 0 Å². The number of fused-ring (bicyclic) bond motifs is 1. The molecule has 0 spiro atoms. The number of anilines is 1. The van der Waals surface area contributed by atoms with Crippen LogP contribution in [0.5, 0.6) is 0 Å². The summed E-state index contributed by atoms with van der Waals surface area (Å²) in [6, 6.07) is 0.580. The van der Waals surface area contributed by atoms with E-state index in [1.807, 2.05) is 12.5 Å². The quantitative estimate of drug-likeness (QED) is 0.850. The highest BCUT2D eigenvalue weighted by molar-refractivity contribution is 5.55. The molecular weight excluding hydrogens is 250 g/mol. The summed E-state index contributed by atoms with van der Waals surface area (Å²) >= 11 is 0. The summed E-state index contributed by atoms with van der Waals surface area (Å²) in [7, 11) is 0. The van der Waals surface area contributed by atoms with Crippen molar-refractivity contribution < 1.29 is 0 Å². The molecule has 5 nitrogen and oxygen atoms in total. The summed E-state index contributed by atoms with van der Waals surface area (Å²) in [6.07, 6.45) is 11.9. The molecule has 2 aliphatic rings. The van der Waals surface area contributed by atoms with E-state index in [-0.39, 0.29) is 0 Å². The SMILES string of the molecule is Nc1nc(-c2cncn2C2CC2)nc2c1CCCCC2. The first-order chi connectivity index (χ1) is 9.83. The van der Waals surface area contributed by atoms with E-state index < -0.39 is 0 Å². The van der Waals surface area contributed by atoms with Crippen LogP contribution in [0.3, 0.4) is 0 Å². The second kappa shape index (κ2) is 4.58. The highest BCUT2D eigenvalue weighted by Gasteiger charge is 2.27. The zero-order valence-electron chi connectivity index (χ0n) is 11.5. The van der Waals surface area contributed by atoms with Gasteiger partial charge in [-0.25, -0.2) is 15.0 Å². The van der Waals surface area contributed by atoms with Crippen LogP contribution in [0, 0.1) is 0 Å². The van der Waals surface area contributed by atoms with E-state index in [0.29, 0.717) is 11.9 Å². The number of aryl methyl sites for hydroxylation is 1. The van der Waals surface area contributed by atoms with Crippen molar-refractivity contribution in [2.45, 2.75) is 51.0 Å². The number of nitrogens with two attached hydrogens (primary N) is 1. The van der Waals surface area contributed by atoms with Crippen molar-refractivity contribution >= 4 is 5.82 Å². The molecule has 2 N–H and O–H groups in total. The van der Waals surface area contributed by atoms with Gasteiger partial charge < -0.3 is 10.3 Å². The maximum atomic E-state index is 6.18. The van der Waals surface area contributed by atoms with Crippen LogP contribution >= 0.6 is 0 Å². The smallest absolute Gasteiger partial charge is 0.180 e. The summed E-state index contributed by atoms with van der Waals surface area (Å²) in [5.74, 6) is 1.41.